The van der Waals surface area contributed by atoms with Crippen LogP contribution in [0, 0.1) is 0 Å². The fourth-order valence-electron chi connectivity index (χ4n) is 5.83. The van der Waals surface area contributed by atoms with Crippen molar-refractivity contribution in [1.82, 2.24) is 0 Å². The van der Waals surface area contributed by atoms with Crippen molar-refractivity contribution >= 4 is 17.9 Å². The highest BCUT2D eigenvalue weighted by atomic mass is 16.6. The molecule has 0 heterocycles. The molecule has 0 N–H and O–H groups in total. The molecule has 0 fully saturated rings. The summed E-state index contributed by atoms with van der Waals surface area (Å²) < 4.78 is 16.6. The lowest BCUT2D eigenvalue weighted by atomic mass is 10.1. The van der Waals surface area contributed by atoms with Crippen molar-refractivity contribution in [3.05, 3.63) is 182 Å². The first-order valence-electron chi connectivity index (χ1n) is 25.4. The van der Waals surface area contributed by atoms with E-state index in [9.17, 15) is 14.4 Å². The van der Waals surface area contributed by atoms with Gasteiger partial charge in [-0.05, 0) is 116 Å². The second kappa shape index (κ2) is 53.1. The number of unbranched alkanes of at least 4 members (excludes halogenated alkanes) is 5. The van der Waals surface area contributed by atoms with Crippen molar-refractivity contribution in [2.75, 3.05) is 13.2 Å². The summed E-state index contributed by atoms with van der Waals surface area (Å²) in [6, 6.07) is 0. The van der Waals surface area contributed by atoms with E-state index in [1.807, 2.05) is 54.7 Å². The van der Waals surface area contributed by atoms with Crippen LogP contribution in [0.25, 0.3) is 0 Å². The Morgan fingerprint density at radius 3 is 1.04 bits per heavy atom. The summed E-state index contributed by atoms with van der Waals surface area (Å²) in [6.45, 7) is 6.08. The number of carbonyl (C=O) groups excluding carboxylic acids is 3. The average molecular weight is 917 g/mol. The highest BCUT2D eigenvalue weighted by Crippen LogP contribution is 2.09. The van der Waals surface area contributed by atoms with Gasteiger partial charge in [0, 0.05) is 19.3 Å². The first-order valence-corrected chi connectivity index (χ1v) is 25.4. The Bertz CT molecular complexity index is 1670. The van der Waals surface area contributed by atoms with Gasteiger partial charge in [-0.2, -0.15) is 0 Å². The molecule has 0 rings (SSSR count). The molecule has 0 saturated heterocycles. The van der Waals surface area contributed by atoms with E-state index in [4.69, 9.17) is 14.2 Å². The van der Waals surface area contributed by atoms with Gasteiger partial charge < -0.3 is 14.2 Å². The lowest BCUT2D eigenvalue weighted by Crippen LogP contribution is -2.30. The molecular weight excluding hydrogens is 829 g/mol. The van der Waals surface area contributed by atoms with Gasteiger partial charge in [0.15, 0.2) is 6.10 Å². The Kier molecular flexibility index (Phi) is 48.8. The average Bonchev–Trinajstić information content (AvgIpc) is 3.33. The Labute approximate surface area is 408 Å². The predicted octanol–water partition coefficient (Wildman–Crippen LogP) is 17.0. The van der Waals surface area contributed by atoms with E-state index in [-0.39, 0.29) is 44.4 Å². The standard InChI is InChI=1S/C61H88O6/c1-4-7-10-13-16-19-22-25-27-29-30-32-33-36-39-42-45-48-51-54-60(63)66-57-58(56-65-59(62)53-50-47-44-41-38-35-24-21-18-15-12-9-6-3)67-61(64)55-52-49-46-43-40-37-34-31-28-26-23-20-17-14-11-8-5-2/h7-12,15-21,24-28,30,32,34-39,41,43-44,46,58H,4-6,13-14,22-23,29,31,33,40,42,45,47-57H2,1-3H3/b10-7-,11-8-,12-9-,18-15-,19-16-,20-17-,24-21-,27-25-,28-26-,32-30-,37-34-,38-35-,39-36-,44-41-,46-43-. The molecule has 6 nitrogen and oxygen atoms in total. The second-order valence-electron chi connectivity index (χ2n) is 15.7. The topological polar surface area (TPSA) is 78.9 Å². The van der Waals surface area contributed by atoms with Gasteiger partial charge in [0.2, 0.25) is 0 Å². The van der Waals surface area contributed by atoms with Crippen molar-refractivity contribution in [3.8, 4) is 0 Å². The van der Waals surface area contributed by atoms with Crippen LogP contribution >= 0.6 is 0 Å². The van der Waals surface area contributed by atoms with Crippen LogP contribution in [0.4, 0.5) is 0 Å². The first kappa shape index (κ1) is 61.5. The molecule has 0 saturated carbocycles. The summed E-state index contributed by atoms with van der Waals surface area (Å²) in [5.41, 5.74) is 0. The second-order valence-corrected chi connectivity index (χ2v) is 15.7. The molecule has 0 spiro atoms. The van der Waals surface area contributed by atoms with Gasteiger partial charge >= 0.3 is 17.9 Å². The molecule has 6 heteroatoms. The Morgan fingerprint density at radius 1 is 0.313 bits per heavy atom. The number of ether oxygens (including phenoxy) is 3. The number of esters is 3. The van der Waals surface area contributed by atoms with Crippen LogP contribution in [-0.2, 0) is 28.6 Å². The highest BCUT2D eigenvalue weighted by molar-refractivity contribution is 5.71. The van der Waals surface area contributed by atoms with Crippen molar-refractivity contribution in [2.45, 2.75) is 168 Å². The van der Waals surface area contributed by atoms with E-state index in [1.165, 1.54) is 0 Å². The van der Waals surface area contributed by atoms with Crippen molar-refractivity contribution in [2.24, 2.45) is 0 Å². The maximum atomic E-state index is 12.8. The van der Waals surface area contributed by atoms with Crippen LogP contribution in [0.2, 0.25) is 0 Å². The zero-order valence-electron chi connectivity index (χ0n) is 41.8. The normalized spacial score (nSPS) is 13.7. The van der Waals surface area contributed by atoms with Crippen molar-refractivity contribution in [3.63, 3.8) is 0 Å². The third kappa shape index (κ3) is 51.4. The fourth-order valence-corrected chi connectivity index (χ4v) is 5.83. The molecule has 0 radical (unpaired) electrons. The maximum absolute atomic E-state index is 12.8. The van der Waals surface area contributed by atoms with Gasteiger partial charge in [0.1, 0.15) is 13.2 Å². The van der Waals surface area contributed by atoms with E-state index in [0.29, 0.717) is 19.3 Å². The van der Waals surface area contributed by atoms with Crippen LogP contribution in [0.15, 0.2) is 182 Å². The highest BCUT2D eigenvalue weighted by Gasteiger charge is 2.19. The smallest absolute Gasteiger partial charge is 0.306 e. The van der Waals surface area contributed by atoms with E-state index in [2.05, 4.69) is 148 Å². The molecule has 1 unspecified atom stereocenters. The van der Waals surface area contributed by atoms with Gasteiger partial charge in [0.25, 0.3) is 0 Å². The zero-order valence-corrected chi connectivity index (χ0v) is 41.8. The van der Waals surface area contributed by atoms with E-state index >= 15 is 0 Å². The van der Waals surface area contributed by atoms with Gasteiger partial charge in [-0.1, -0.05) is 209 Å². The van der Waals surface area contributed by atoms with E-state index in [1.54, 1.807) is 0 Å². The number of hydrogen-bond acceptors (Lipinski definition) is 6. The molecule has 0 aromatic carbocycles. The van der Waals surface area contributed by atoms with Crippen LogP contribution < -0.4 is 0 Å². The monoisotopic (exact) mass is 917 g/mol. The quantitative estimate of drug-likeness (QED) is 0.0200. The Balaban J connectivity index is 4.67. The van der Waals surface area contributed by atoms with Gasteiger partial charge in [-0.15, -0.1) is 0 Å². The van der Waals surface area contributed by atoms with Gasteiger partial charge in [-0.3, -0.25) is 14.4 Å². The largest absolute Gasteiger partial charge is 0.462 e. The number of carbonyl (C=O) groups is 3. The molecule has 0 aliphatic heterocycles. The minimum absolute atomic E-state index is 0.151. The minimum Gasteiger partial charge on any atom is -0.462 e. The first-order chi connectivity index (χ1) is 33.0. The van der Waals surface area contributed by atoms with Gasteiger partial charge in [-0.25, -0.2) is 0 Å². The lowest BCUT2D eigenvalue weighted by Gasteiger charge is -2.18. The van der Waals surface area contributed by atoms with Gasteiger partial charge in [0.05, 0.1) is 0 Å². The molecule has 0 aromatic rings. The number of hydrogen-bond donors (Lipinski definition) is 0. The Morgan fingerprint density at radius 2 is 0.627 bits per heavy atom. The molecule has 1 atom stereocenters. The molecule has 0 bridgehead atoms. The molecular formula is C61H88O6. The summed E-state index contributed by atoms with van der Waals surface area (Å²) in [5, 5.41) is 0. The fraction of sp³-hybridized carbons (Fsp3) is 0.459. The zero-order chi connectivity index (χ0) is 48.6. The summed E-state index contributed by atoms with van der Waals surface area (Å²) in [5.74, 6) is -1.14. The molecule has 368 valence electrons. The Hall–Kier alpha value is -5.49. The summed E-state index contributed by atoms with van der Waals surface area (Å²) >= 11 is 0. The van der Waals surface area contributed by atoms with Crippen molar-refractivity contribution < 1.29 is 28.6 Å². The maximum Gasteiger partial charge on any atom is 0.306 e. The molecule has 0 amide bonds. The van der Waals surface area contributed by atoms with E-state index < -0.39 is 12.1 Å². The minimum atomic E-state index is -0.861. The molecule has 0 aliphatic rings. The summed E-state index contributed by atoms with van der Waals surface area (Å²) in [6.07, 6.45) is 80.3. The predicted molar refractivity (Wildman–Crippen MR) is 287 cm³/mol. The van der Waals surface area contributed by atoms with Crippen LogP contribution in [0.3, 0.4) is 0 Å². The SMILES string of the molecule is CC\C=C/C=C\C=C/C=C\C=C/CCCC(=O)OCC(COC(=O)CCCCC/C=C\C/C=C\C/C=C\C/C=C\C/C=C\CC)OC(=O)CCC/C=C\C/C=C\C/C=C\C/C=C\C/C=C\CC. The summed E-state index contributed by atoms with van der Waals surface area (Å²) in [4.78, 5) is 37.9. The summed E-state index contributed by atoms with van der Waals surface area (Å²) in [7, 11) is 0. The van der Waals surface area contributed by atoms with Crippen LogP contribution in [-0.4, -0.2) is 37.2 Å². The number of rotatable bonds is 42. The molecule has 0 aliphatic carbocycles. The van der Waals surface area contributed by atoms with Crippen LogP contribution in [0.1, 0.15) is 162 Å². The lowest BCUT2D eigenvalue weighted by molar-refractivity contribution is -0.167. The number of allylic oxidation sites excluding steroid dienone is 30. The van der Waals surface area contributed by atoms with Crippen LogP contribution in [0.5, 0.6) is 0 Å². The molecule has 0 aromatic heterocycles. The third-order valence-electron chi connectivity index (χ3n) is 9.51. The third-order valence-corrected chi connectivity index (χ3v) is 9.51. The van der Waals surface area contributed by atoms with E-state index in [0.717, 1.165) is 103 Å². The molecule has 67 heavy (non-hydrogen) atoms. The van der Waals surface area contributed by atoms with Crippen molar-refractivity contribution in [1.29, 1.82) is 0 Å².